The molecule has 0 spiro atoms. The number of nitrogens with zero attached hydrogens (tertiary/aromatic N) is 2. The third-order valence-corrected chi connectivity index (χ3v) is 4.98. The van der Waals surface area contributed by atoms with E-state index < -0.39 is 0 Å². The average molecular weight is 397 g/mol. The first-order valence-electron chi connectivity index (χ1n) is 9.50. The van der Waals surface area contributed by atoms with Gasteiger partial charge < -0.3 is 10.6 Å². The minimum Gasteiger partial charge on any atom is -0.352 e. The summed E-state index contributed by atoms with van der Waals surface area (Å²) in [5, 5.41) is 11.2. The minimum atomic E-state index is -0.0680. The molecule has 1 aliphatic heterocycles. The lowest BCUT2D eigenvalue weighted by molar-refractivity contribution is 0.0945. The van der Waals surface area contributed by atoms with Crippen LogP contribution in [-0.2, 0) is 0 Å². The maximum atomic E-state index is 12.9. The average Bonchev–Trinajstić information content (AvgIpc) is 3.20. The van der Waals surface area contributed by atoms with Crippen molar-refractivity contribution in [3.63, 3.8) is 0 Å². The highest BCUT2D eigenvalue weighted by atomic mass is 35.5. The Bertz CT molecular complexity index is 889. The first-order chi connectivity index (χ1) is 13.3. The Labute approximate surface area is 171 Å². The van der Waals surface area contributed by atoms with E-state index in [-0.39, 0.29) is 18.3 Å². The van der Waals surface area contributed by atoms with Crippen molar-refractivity contribution in [2.45, 2.75) is 12.8 Å². The molecule has 28 heavy (non-hydrogen) atoms. The maximum Gasteiger partial charge on any atom is 0.255 e. The zero-order valence-electron chi connectivity index (χ0n) is 15.7. The van der Waals surface area contributed by atoms with Gasteiger partial charge in [0.25, 0.3) is 5.91 Å². The van der Waals surface area contributed by atoms with Gasteiger partial charge in [0.05, 0.1) is 11.3 Å². The normalized spacial score (nSPS) is 16.2. The SMILES string of the molecule is Cl.O=C(NCC1CCCNC1)c1cn(-c2ccccc2)nc1-c1ccccc1. The number of carbonyl (C=O) groups excluding carboxylic acids is 1. The molecule has 1 aromatic heterocycles. The molecule has 2 heterocycles. The van der Waals surface area contributed by atoms with Gasteiger partial charge in [-0.15, -0.1) is 12.4 Å². The molecule has 6 heteroatoms. The topological polar surface area (TPSA) is 59.0 Å². The third kappa shape index (κ3) is 4.61. The standard InChI is InChI=1S/C22H24N4O.ClH/c27-22(24-15-17-8-7-13-23-14-17)20-16-26(19-11-5-2-6-12-19)25-21(20)18-9-3-1-4-10-18;/h1-6,9-12,16-17,23H,7-8,13-15H2,(H,24,27);1H. The zero-order chi connectivity index (χ0) is 18.5. The monoisotopic (exact) mass is 396 g/mol. The molecule has 3 aromatic rings. The molecule has 2 aromatic carbocycles. The van der Waals surface area contributed by atoms with Crippen LogP contribution in [0.3, 0.4) is 0 Å². The van der Waals surface area contributed by atoms with Crippen molar-refractivity contribution in [3.8, 4) is 16.9 Å². The van der Waals surface area contributed by atoms with Crippen molar-refractivity contribution in [2.24, 2.45) is 5.92 Å². The zero-order valence-corrected chi connectivity index (χ0v) is 16.5. The number of piperidine rings is 1. The lowest BCUT2D eigenvalue weighted by Crippen LogP contribution is -2.38. The van der Waals surface area contributed by atoms with Crippen LogP contribution >= 0.6 is 12.4 Å². The van der Waals surface area contributed by atoms with Gasteiger partial charge in [-0.1, -0.05) is 48.5 Å². The third-order valence-electron chi connectivity index (χ3n) is 4.98. The smallest absolute Gasteiger partial charge is 0.255 e. The fourth-order valence-corrected chi connectivity index (χ4v) is 3.49. The lowest BCUT2D eigenvalue weighted by Gasteiger charge is -2.22. The van der Waals surface area contributed by atoms with Crippen LogP contribution in [0.5, 0.6) is 0 Å². The largest absolute Gasteiger partial charge is 0.352 e. The van der Waals surface area contributed by atoms with E-state index in [1.54, 1.807) is 4.68 Å². The van der Waals surface area contributed by atoms with Crippen molar-refractivity contribution >= 4 is 18.3 Å². The summed E-state index contributed by atoms with van der Waals surface area (Å²) >= 11 is 0. The Balaban J connectivity index is 0.00000225. The Morgan fingerprint density at radius 3 is 2.50 bits per heavy atom. The van der Waals surface area contributed by atoms with Crippen LogP contribution in [0, 0.1) is 5.92 Å². The number of benzene rings is 2. The molecule has 1 saturated heterocycles. The van der Waals surface area contributed by atoms with Crippen LogP contribution in [0.1, 0.15) is 23.2 Å². The van der Waals surface area contributed by atoms with Crippen molar-refractivity contribution < 1.29 is 4.79 Å². The van der Waals surface area contributed by atoms with Crippen molar-refractivity contribution in [1.82, 2.24) is 20.4 Å². The van der Waals surface area contributed by atoms with Gasteiger partial charge in [0.15, 0.2) is 0 Å². The molecule has 2 N–H and O–H groups in total. The molecule has 1 amide bonds. The number of amides is 1. The van der Waals surface area contributed by atoms with Gasteiger partial charge in [-0.05, 0) is 44.0 Å². The van der Waals surface area contributed by atoms with Gasteiger partial charge in [0, 0.05) is 18.3 Å². The molecular weight excluding hydrogens is 372 g/mol. The number of nitrogens with one attached hydrogen (secondary N) is 2. The molecule has 1 fully saturated rings. The predicted molar refractivity (Wildman–Crippen MR) is 114 cm³/mol. The quantitative estimate of drug-likeness (QED) is 0.691. The second kappa shape index (κ2) is 9.53. The Kier molecular flexibility index (Phi) is 6.85. The van der Waals surface area contributed by atoms with Crippen LogP contribution in [0.2, 0.25) is 0 Å². The number of para-hydroxylation sites is 1. The molecule has 0 radical (unpaired) electrons. The van der Waals surface area contributed by atoms with Gasteiger partial charge in [-0.25, -0.2) is 4.68 Å². The molecule has 5 nitrogen and oxygen atoms in total. The molecule has 1 unspecified atom stereocenters. The highest BCUT2D eigenvalue weighted by Crippen LogP contribution is 2.23. The second-order valence-electron chi connectivity index (χ2n) is 6.96. The number of hydrogen-bond donors (Lipinski definition) is 2. The fourth-order valence-electron chi connectivity index (χ4n) is 3.49. The summed E-state index contributed by atoms with van der Waals surface area (Å²) in [7, 11) is 0. The number of aromatic nitrogens is 2. The van der Waals surface area contributed by atoms with Gasteiger partial charge in [0.2, 0.25) is 0 Å². The molecule has 0 aliphatic carbocycles. The fraction of sp³-hybridized carbons (Fsp3) is 0.273. The van der Waals surface area contributed by atoms with E-state index >= 15 is 0 Å². The number of hydrogen-bond acceptors (Lipinski definition) is 3. The van der Waals surface area contributed by atoms with Crippen LogP contribution in [0.15, 0.2) is 66.9 Å². The second-order valence-corrected chi connectivity index (χ2v) is 6.96. The van der Waals surface area contributed by atoms with Crippen LogP contribution < -0.4 is 10.6 Å². The van der Waals surface area contributed by atoms with Gasteiger partial charge in [0.1, 0.15) is 5.69 Å². The van der Waals surface area contributed by atoms with E-state index in [0.717, 1.165) is 30.8 Å². The van der Waals surface area contributed by atoms with E-state index in [4.69, 9.17) is 5.10 Å². The van der Waals surface area contributed by atoms with Crippen molar-refractivity contribution in [1.29, 1.82) is 0 Å². The molecule has 0 bridgehead atoms. The van der Waals surface area contributed by atoms with Crippen LogP contribution in [0.4, 0.5) is 0 Å². The van der Waals surface area contributed by atoms with Gasteiger partial charge >= 0.3 is 0 Å². The van der Waals surface area contributed by atoms with E-state index in [1.807, 2.05) is 66.9 Å². The van der Waals surface area contributed by atoms with Crippen molar-refractivity contribution in [2.75, 3.05) is 19.6 Å². The molecule has 1 atom stereocenters. The first kappa shape index (κ1) is 20.1. The summed E-state index contributed by atoms with van der Waals surface area (Å²) in [4.78, 5) is 12.9. The summed E-state index contributed by atoms with van der Waals surface area (Å²) < 4.78 is 1.78. The Morgan fingerprint density at radius 2 is 1.82 bits per heavy atom. The molecule has 0 saturated carbocycles. The Hall–Kier alpha value is -2.63. The number of rotatable bonds is 5. The van der Waals surface area contributed by atoms with Crippen molar-refractivity contribution in [3.05, 3.63) is 72.4 Å². The number of carbonyl (C=O) groups is 1. The first-order valence-corrected chi connectivity index (χ1v) is 9.50. The number of halogens is 1. The van der Waals surface area contributed by atoms with Crippen LogP contribution in [-0.4, -0.2) is 35.3 Å². The summed E-state index contributed by atoms with van der Waals surface area (Å²) in [6, 6.07) is 19.7. The highest BCUT2D eigenvalue weighted by molar-refractivity contribution is 5.99. The summed E-state index contributed by atoms with van der Waals surface area (Å²) in [5.41, 5.74) is 3.19. The predicted octanol–water partition coefficient (Wildman–Crippen LogP) is 3.69. The van der Waals surface area contributed by atoms with Crippen LogP contribution in [0.25, 0.3) is 16.9 Å². The highest BCUT2D eigenvalue weighted by Gasteiger charge is 2.20. The molecular formula is C22H25ClN4O. The van der Waals surface area contributed by atoms with E-state index in [9.17, 15) is 4.79 Å². The van der Waals surface area contributed by atoms with Gasteiger partial charge in [-0.3, -0.25) is 4.79 Å². The van der Waals surface area contributed by atoms with E-state index in [0.29, 0.717) is 23.7 Å². The molecule has 146 valence electrons. The molecule has 4 rings (SSSR count). The minimum absolute atomic E-state index is 0. The summed E-state index contributed by atoms with van der Waals surface area (Å²) in [6.45, 7) is 2.73. The summed E-state index contributed by atoms with van der Waals surface area (Å²) in [6.07, 6.45) is 4.15. The molecule has 1 aliphatic rings. The lowest BCUT2D eigenvalue weighted by atomic mass is 9.99. The van der Waals surface area contributed by atoms with E-state index in [2.05, 4.69) is 10.6 Å². The summed E-state index contributed by atoms with van der Waals surface area (Å²) in [5.74, 6) is 0.425. The maximum absolute atomic E-state index is 12.9. The van der Waals surface area contributed by atoms with E-state index in [1.165, 1.54) is 6.42 Å². The van der Waals surface area contributed by atoms with Gasteiger partial charge in [-0.2, -0.15) is 5.10 Å². The Morgan fingerprint density at radius 1 is 1.11 bits per heavy atom.